The van der Waals surface area contributed by atoms with E-state index in [1.54, 1.807) is 14.2 Å². The van der Waals surface area contributed by atoms with Crippen molar-refractivity contribution in [3.8, 4) is 5.75 Å². The minimum absolute atomic E-state index is 0.0432. The Kier molecular flexibility index (Phi) is 7.42. The van der Waals surface area contributed by atoms with Crippen molar-refractivity contribution in [2.75, 3.05) is 71.7 Å². The Hall–Kier alpha value is -3.20. The normalized spacial score (nSPS) is 19.8. The summed E-state index contributed by atoms with van der Waals surface area (Å²) in [5.74, 6) is 0.802. The molecule has 6 rings (SSSR count). The minimum atomic E-state index is -0.386. The maximum Gasteiger partial charge on any atom is 0.195 e. The highest BCUT2D eigenvalue weighted by atomic mass is 16.5. The van der Waals surface area contributed by atoms with Crippen LogP contribution in [0, 0.1) is 0 Å². The maximum absolute atomic E-state index is 14.1. The molecule has 0 amide bonds. The number of carbonyl (C=O) groups excluding carboxylic acids is 1. The topological polar surface area (TPSA) is 79.4 Å². The summed E-state index contributed by atoms with van der Waals surface area (Å²) in [6.45, 7) is 10.9. The zero-order chi connectivity index (χ0) is 27.9. The Balaban J connectivity index is 1.37. The number of hydrogen-bond donors (Lipinski definition) is 1. The van der Waals surface area contributed by atoms with E-state index in [0.29, 0.717) is 19.3 Å². The summed E-state index contributed by atoms with van der Waals surface area (Å²) in [5.41, 5.74) is 6.13. The van der Waals surface area contributed by atoms with Crippen LogP contribution in [0.3, 0.4) is 0 Å². The van der Waals surface area contributed by atoms with Crippen LogP contribution in [0.25, 0.3) is 10.9 Å². The van der Waals surface area contributed by atoms with E-state index in [4.69, 9.17) is 14.2 Å². The average molecular weight is 545 g/mol. The van der Waals surface area contributed by atoms with Gasteiger partial charge in [-0.2, -0.15) is 0 Å². The van der Waals surface area contributed by atoms with Gasteiger partial charge in [0.1, 0.15) is 12.4 Å². The van der Waals surface area contributed by atoms with E-state index in [1.807, 2.05) is 24.4 Å². The Morgan fingerprint density at radius 1 is 1.10 bits per heavy atom. The molecule has 212 valence electrons. The van der Waals surface area contributed by atoms with Crippen LogP contribution in [0.15, 0.2) is 35.3 Å². The Labute approximate surface area is 236 Å². The van der Waals surface area contributed by atoms with E-state index in [-0.39, 0.29) is 11.2 Å². The molecule has 2 aliphatic heterocycles. The van der Waals surface area contributed by atoms with Crippen molar-refractivity contribution in [2.24, 2.45) is 4.99 Å². The number of benzene rings is 2. The van der Waals surface area contributed by atoms with Gasteiger partial charge in [-0.1, -0.05) is 26.0 Å². The van der Waals surface area contributed by atoms with Gasteiger partial charge in [-0.15, -0.1) is 0 Å². The highest BCUT2D eigenvalue weighted by Gasteiger charge is 2.41. The predicted molar refractivity (Wildman–Crippen MR) is 159 cm³/mol. The maximum atomic E-state index is 14.1. The first-order chi connectivity index (χ1) is 19.4. The SMILES string of the molecule is CN=Cc1ccc2c3c([nH]c2c1)C(C)(C)c1cc(N2CCC(N4CCOCC4)CC2)c(OCCOC)cc1C3=O. The predicted octanol–water partition coefficient (Wildman–Crippen LogP) is 4.41. The van der Waals surface area contributed by atoms with Gasteiger partial charge < -0.3 is 24.1 Å². The lowest BCUT2D eigenvalue weighted by Gasteiger charge is -2.41. The molecule has 3 aromatic rings. The molecule has 3 heterocycles. The lowest BCUT2D eigenvalue weighted by Crippen LogP contribution is -2.49. The Morgan fingerprint density at radius 3 is 2.60 bits per heavy atom. The molecular weight excluding hydrogens is 504 g/mol. The van der Waals surface area contributed by atoms with Gasteiger partial charge in [0.05, 0.1) is 31.1 Å². The molecule has 1 N–H and O–H groups in total. The number of fused-ring (bicyclic) bond motifs is 4. The first-order valence-electron chi connectivity index (χ1n) is 14.4. The first kappa shape index (κ1) is 27.0. The van der Waals surface area contributed by atoms with Crippen LogP contribution in [0.2, 0.25) is 0 Å². The largest absolute Gasteiger partial charge is 0.489 e. The highest BCUT2D eigenvalue weighted by Crippen LogP contribution is 2.47. The number of anilines is 1. The summed E-state index contributed by atoms with van der Waals surface area (Å²) < 4.78 is 17.1. The van der Waals surface area contributed by atoms with Crippen molar-refractivity contribution in [1.82, 2.24) is 9.88 Å². The molecule has 8 heteroatoms. The molecule has 2 saturated heterocycles. The number of aliphatic imine (C=N–C) groups is 1. The van der Waals surface area contributed by atoms with Gasteiger partial charge >= 0.3 is 0 Å². The molecule has 8 nitrogen and oxygen atoms in total. The van der Waals surface area contributed by atoms with Crippen molar-refractivity contribution in [3.63, 3.8) is 0 Å². The smallest absolute Gasteiger partial charge is 0.195 e. The number of piperidine rings is 1. The quantitative estimate of drug-likeness (QED) is 0.351. The van der Waals surface area contributed by atoms with Crippen LogP contribution < -0.4 is 9.64 Å². The van der Waals surface area contributed by atoms with Crippen molar-refractivity contribution in [3.05, 3.63) is 58.3 Å². The number of ether oxygens (including phenoxy) is 3. The molecule has 0 saturated carbocycles. The number of hydrogen-bond acceptors (Lipinski definition) is 7. The standard InChI is InChI=1S/C32H40N4O4/c1-32(2)25-19-27(36-9-7-22(8-10-36)35-11-13-39-14-12-35)28(40-16-15-38-4)18-24(25)30(37)29-23-6-5-21(20-33-3)17-26(23)34-31(29)32/h5-6,17-20,22,34H,7-16H2,1-4H3. The zero-order valence-corrected chi connectivity index (χ0v) is 24.1. The second-order valence-electron chi connectivity index (χ2n) is 11.6. The number of nitrogens with one attached hydrogen (secondary N) is 1. The average Bonchev–Trinajstić information content (AvgIpc) is 3.37. The number of H-pyrrole nitrogens is 1. The molecule has 1 aliphatic carbocycles. The monoisotopic (exact) mass is 544 g/mol. The van der Waals surface area contributed by atoms with E-state index < -0.39 is 0 Å². The van der Waals surface area contributed by atoms with Gasteiger partial charge in [0.2, 0.25) is 0 Å². The van der Waals surface area contributed by atoms with Crippen LogP contribution in [-0.4, -0.2) is 94.7 Å². The number of aromatic amines is 1. The van der Waals surface area contributed by atoms with Gasteiger partial charge in [-0.25, -0.2) is 0 Å². The molecule has 2 fully saturated rings. The third kappa shape index (κ3) is 4.72. The number of nitrogens with zero attached hydrogens (tertiary/aromatic N) is 3. The Bertz CT molecular complexity index is 1430. The second-order valence-corrected chi connectivity index (χ2v) is 11.6. The molecule has 2 aromatic carbocycles. The molecule has 0 radical (unpaired) electrons. The van der Waals surface area contributed by atoms with Crippen LogP contribution in [-0.2, 0) is 14.9 Å². The number of aromatic nitrogens is 1. The lowest BCUT2D eigenvalue weighted by molar-refractivity contribution is 0.0115. The van der Waals surface area contributed by atoms with Crippen LogP contribution in [0.4, 0.5) is 5.69 Å². The third-order valence-electron chi connectivity index (χ3n) is 8.88. The summed E-state index contributed by atoms with van der Waals surface area (Å²) in [4.78, 5) is 26.9. The Morgan fingerprint density at radius 2 is 1.88 bits per heavy atom. The molecule has 0 atom stereocenters. The molecular formula is C32H40N4O4. The zero-order valence-electron chi connectivity index (χ0n) is 24.1. The molecule has 40 heavy (non-hydrogen) atoms. The fourth-order valence-electron chi connectivity index (χ4n) is 6.70. The fourth-order valence-corrected chi connectivity index (χ4v) is 6.70. The summed E-state index contributed by atoms with van der Waals surface area (Å²) >= 11 is 0. The van der Waals surface area contributed by atoms with E-state index in [2.05, 4.69) is 45.8 Å². The molecule has 3 aliphatic rings. The summed E-state index contributed by atoms with van der Waals surface area (Å²) in [7, 11) is 3.44. The second kappa shape index (κ2) is 11.0. The van der Waals surface area contributed by atoms with Gasteiger partial charge in [0.15, 0.2) is 5.78 Å². The van der Waals surface area contributed by atoms with Crippen molar-refractivity contribution >= 4 is 28.6 Å². The number of carbonyl (C=O) groups is 1. The highest BCUT2D eigenvalue weighted by molar-refractivity contribution is 6.20. The molecule has 0 bridgehead atoms. The van der Waals surface area contributed by atoms with Crippen molar-refractivity contribution < 1.29 is 19.0 Å². The number of ketones is 1. The lowest BCUT2D eigenvalue weighted by atomic mass is 9.71. The van der Waals surface area contributed by atoms with Crippen LogP contribution in [0.1, 0.15) is 59.4 Å². The fraction of sp³-hybridized carbons (Fsp3) is 0.500. The molecule has 0 spiro atoms. The summed E-state index contributed by atoms with van der Waals surface area (Å²) in [5, 5.41) is 0.947. The number of rotatable bonds is 7. The van der Waals surface area contributed by atoms with E-state index in [1.165, 1.54) is 0 Å². The van der Waals surface area contributed by atoms with Gasteiger partial charge in [-0.05, 0) is 42.2 Å². The first-order valence-corrected chi connectivity index (χ1v) is 14.4. The minimum Gasteiger partial charge on any atom is -0.489 e. The number of methoxy groups -OCH3 is 1. The van der Waals surface area contributed by atoms with E-state index in [9.17, 15) is 4.79 Å². The number of morpholine rings is 1. The molecule has 0 unspecified atom stereocenters. The van der Waals surface area contributed by atoms with Crippen molar-refractivity contribution in [1.29, 1.82) is 0 Å². The third-order valence-corrected chi connectivity index (χ3v) is 8.88. The summed E-state index contributed by atoms with van der Waals surface area (Å²) in [6, 6.07) is 10.9. The van der Waals surface area contributed by atoms with E-state index in [0.717, 1.165) is 103 Å². The summed E-state index contributed by atoms with van der Waals surface area (Å²) in [6.07, 6.45) is 4.04. The van der Waals surface area contributed by atoms with Gasteiger partial charge in [-0.3, -0.25) is 14.7 Å². The van der Waals surface area contributed by atoms with Gasteiger partial charge in [0, 0.05) is 80.2 Å². The van der Waals surface area contributed by atoms with Crippen LogP contribution in [0.5, 0.6) is 5.75 Å². The molecule has 1 aromatic heterocycles. The van der Waals surface area contributed by atoms with Crippen molar-refractivity contribution in [2.45, 2.75) is 38.1 Å². The van der Waals surface area contributed by atoms with Crippen LogP contribution >= 0.6 is 0 Å². The van der Waals surface area contributed by atoms with Gasteiger partial charge in [0.25, 0.3) is 0 Å². The van der Waals surface area contributed by atoms with E-state index >= 15 is 0 Å².